The number of amides is 1. The smallest absolute Gasteiger partial charge is 0.223 e. The van der Waals surface area contributed by atoms with Crippen LogP contribution in [0, 0.1) is 5.92 Å². The first-order valence-electron chi connectivity index (χ1n) is 5.08. The van der Waals surface area contributed by atoms with Gasteiger partial charge in [-0.15, -0.1) is 0 Å². The zero-order valence-corrected chi connectivity index (χ0v) is 8.90. The van der Waals surface area contributed by atoms with Crippen molar-refractivity contribution in [3.63, 3.8) is 0 Å². The molecule has 0 aromatic heterocycles. The van der Waals surface area contributed by atoms with E-state index in [0.717, 1.165) is 6.42 Å². The second-order valence-electron chi connectivity index (χ2n) is 3.93. The molecule has 1 aliphatic rings. The zero-order chi connectivity index (χ0) is 10.6. The molecule has 1 saturated heterocycles. The molecule has 4 heteroatoms. The Hall–Kier alpha value is -0.610. The first-order valence-corrected chi connectivity index (χ1v) is 5.08. The summed E-state index contributed by atoms with van der Waals surface area (Å²) in [6.45, 7) is 3.50. The molecule has 0 aromatic carbocycles. The fraction of sp³-hybridized carbons (Fsp3) is 0.900. The van der Waals surface area contributed by atoms with Crippen LogP contribution in [0.1, 0.15) is 19.8 Å². The Morgan fingerprint density at radius 3 is 2.93 bits per heavy atom. The fourth-order valence-corrected chi connectivity index (χ4v) is 1.80. The van der Waals surface area contributed by atoms with E-state index < -0.39 is 0 Å². The minimum absolute atomic E-state index is 0.110. The lowest BCUT2D eigenvalue weighted by molar-refractivity contribution is -0.129. The summed E-state index contributed by atoms with van der Waals surface area (Å²) in [4.78, 5) is 13.4. The molecule has 14 heavy (non-hydrogen) atoms. The van der Waals surface area contributed by atoms with Gasteiger partial charge in [0.05, 0.1) is 0 Å². The second-order valence-corrected chi connectivity index (χ2v) is 3.93. The van der Waals surface area contributed by atoms with Crippen molar-refractivity contribution in [1.82, 2.24) is 4.90 Å². The minimum Gasteiger partial charge on any atom is -0.396 e. The van der Waals surface area contributed by atoms with E-state index in [1.807, 2.05) is 11.8 Å². The van der Waals surface area contributed by atoms with Crippen LogP contribution in [0.2, 0.25) is 0 Å². The van der Waals surface area contributed by atoms with Gasteiger partial charge in [0, 0.05) is 45.2 Å². The monoisotopic (exact) mass is 201 g/mol. The summed E-state index contributed by atoms with van der Waals surface area (Å²) in [5.74, 6) is 0.292. The molecule has 0 spiro atoms. The van der Waals surface area contributed by atoms with Gasteiger partial charge in [0.1, 0.15) is 0 Å². The van der Waals surface area contributed by atoms with Crippen LogP contribution >= 0.6 is 0 Å². The van der Waals surface area contributed by atoms with Crippen LogP contribution in [0.15, 0.2) is 0 Å². The largest absolute Gasteiger partial charge is 0.396 e. The first kappa shape index (κ1) is 11.5. The predicted molar refractivity (Wildman–Crippen MR) is 52.9 cm³/mol. The number of methoxy groups -OCH3 is 1. The Morgan fingerprint density at radius 1 is 1.71 bits per heavy atom. The Balaban J connectivity index is 2.40. The molecule has 1 N–H and O–H groups in total. The van der Waals surface area contributed by atoms with Crippen LogP contribution in [0.4, 0.5) is 0 Å². The van der Waals surface area contributed by atoms with Gasteiger partial charge in [0.2, 0.25) is 5.91 Å². The Kier molecular flexibility index (Phi) is 4.35. The Morgan fingerprint density at radius 2 is 2.43 bits per heavy atom. The summed E-state index contributed by atoms with van der Waals surface area (Å²) >= 11 is 0. The molecule has 1 rings (SSSR count). The fourth-order valence-electron chi connectivity index (χ4n) is 1.80. The molecule has 1 fully saturated rings. The molecule has 82 valence electrons. The quantitative estimate of drug-likeness (QED) is 0.693. The Labute approximate surface area is 84.8 Å². The third kappa shape index (κ3) is 2.69. The van der Waals surface area contributed by atoms with Crippen LogP contribution < -0.4 is 0 Å². The van der Waals surface area contributed by atoms with E-state index in [-0.39, 0.29) is 24.5 Å². The number of ether oxygens (including phenoxy) is 1. The molecule has 0 saturated carbocycles. The molecule has 0 bridgehead atoms. The van der Waals surface area contributed by atoms with Gasteiger partial charge in [-0.3, -0.25) is 4.79 Å². The van der Waals surface area contributed by atoms with Crippen LogP contribution in [0.3, 0.4) is 0 Å². The minimum atomic E-state index is 0.110. The number of carbonyl (C=O) groups is 1. The van der Waals surface area contributed by atoms with Gasteiger partial charge in [-0.1, -0.05) is 0 Å². The molecule has 0 aromatic rings. The van der Waals surface area contributed by atoms with Crippen molar-refractivity contribution in [3.05, 3.63) is 0 Å². The molecule has 4 nitrogen and oxygen atoms in total. The number of aliphatic hydroxyl groups excluding tert-OH is 1. The van der Waals surface area contributed by atoms with Crippen molar-refractivity contribution in [2.45, 2.75) is 25.8 Å². The van der Waals surface area contributed by atoms with Crippen molar-refractivity contribution >= 4 is 5.91 Å². The maximum absolute atomic E-state index is 11.5. The number of hydrogen-bond acceptors (Lipinski definition) is 3. The van der Waals surface area contributed by atoms with E-state index in [2.05, 4.69) is 0 Å². The van der Waals surface area contributed by atoms with Gasteiger partial charge >= 0.3 is 0 Å². The summed E-state index contributed by atoms with van der Waals surface area (Å²) < 4.78 is 4.97. The highest BCUT2D eigenvalue weighted by Crippen LogP contribution is 2.20. The predicted octanol–water partition coefficient (Wildman–Crippen LogP) is 0.252. The van der Waals surface area contributed by atoms with Gasteiger partial charge < -0.3 is 14.7 Å². The molecule has 0 radical (unpaired) electrons. The van der Waals surface area contributed by atoms with Crippen molar-refractivity contribution in [3.8, 4) is 0 Å². The topological polar surface area (TPSA) is 49.8 Å². The average Bonchev–Trinajstić information content (AvgIpc) is 2.56. The highest BCUT2D eigenvalue weighted by Gasteiger charge is 2.31. The van der Waals surface area contributed by atoms with Crippen molar-refractivity contribution < 1.29 is 14.6 Å². The van der Waals surface area contributed by atoms with Crippen LogP contribution in [0.25, 0.3) is 0 Å². The van der Waals surface area contributed by atoms with Gasteiger partial charge in [-0.05, 0) is 13.3 Å². The number of likely N-dealkylation sites (tertiary alicyclic amines) is 1. The summed E-state index contributed by atoms with van der Waals surface area (Å²) in [6, 6.07) is 0.221. The van der Waals surface area contributed by atoms with E-state index in [4.69, 9.17) is 9.84 Å². The number of nitrogens with zero attached hydrogens (tertiary/aromatic N) is 1. The van der Waals surface area contributed by atoms with Gasteiger partial charge in [-0.2, -0.15) is 0 Å². The SMILES string of the molecule is COCCC(C)N1CC(CO)CC1=O. The Bertz CT molecular complexity index is 196. The third-order valence-corrected chi connectivity index (χ3v) is 2.77. The standard InChI is InChI=1S/C10H19NO3/c1-8(3-4-14-2)11-6-9(7-12)5-10(11)13/h8-9,12H,3-7H2,1-2H3. The van der Waals surface area contributed by atoms with Crippen molar-refractivity contribution in [2.75, 3.05) is 26.9 Å². The molecule has 2 atom stereocenters. The number of aliphatic hydroxyl groups is 1. The molecular formula is C10H19NO3. The molecule has 1 heterocycles. The summed E-state index contributed by atoms with van der Waals surface area (Å²) in [6.07, 6.45) is 1.36. The molecule has 1 aliphatic heterocycles. The highest BCUT2D eigenvalue weighted by atomic mass is 16.5. The van der Waals surface area contributed by atoms with E-state index >= 15 is 0 Å². The molecule has 0 aliphatic carbocycles. The maximum atomic E-state index is 11.5. The molecule has 2 unspecified atom stereocenters. The number of rotatable bonds is 5. The van der Waals surface area contributed by atoms with E-state index in [0.29, 0.717) is 19.6 Å². The van der Waals surface area contributed by atoms with E-state index in [1.54, 1.807) is 7.11 Å². The van der Waals surface area contributed by atoms with Gasteiger partial charge in [-0.25, -0.2) is 0 Å². The summed E-state index contributed by atoms with van der Waals surface area (Å²) in [5.41, 5.74) is 0. The highest BCUT2D eigenvalue weighted by molar-refractivity contribution is 5.78. The average molecular weight is 201 g/mol. The van der Waals surface area contributed by atoms with Crippen molar-refractivity contribution in [2.24, 2.45) is 5.92 Å². The maximum Gasteiger partial charge on any atom is 0.223 e. The van der Waals surface area contributed by atoms with Crippen LogP contribution in [-0.2, 0) is 9.53 Å². The lowest BCUT2D eigenvalue weighted by atomic mass is 10.1. The normalized spacial score (nSPS) is 24.4. The van der Waals surface area contributed by atoms with Gasteiger partial charge in [0.25, 0.3) is 0 Å². The van der Waals surface area contributed by atoms with Crippen molar-refractivity contribution in [1.29, 1.82) is 0 Å². The second kappa shape index (κ2) is 5.32. The first-order chi connectivity index (χ1) is 6.69. The third-order valence-electron chi connectivity index (χ3n) is 2.77. The number of carbonyl (C=O) groups excluding carboxylic acids is 1. The lowest BCUT2D eigenvalue weighted by Crippen LogP contribution is -2.35. The van der Waals surface area contributed by atoms with Gasteiger partial charge in [0.15, 0.2) is 0 Å². The van der Waals surface area contributed by atoms with E-state index in [9.17, 15) is 4.79 Å². The van der Waals surface area contributed by atoms with Crippen LogP contribution in [0.5, 0.6) is 0 Å². The molecule has 1 amide bonds. The zero-order valence-electron chi connectivity index (χ0n) is 8.90. The van der Waals surface area contributed by atoms with Crippen LogP contribution in [-0.4, -0.2) is 48.8 Å². The summed E-state index contributed by atoms with van der Waals surface area (Å²) in [7, 11) is 1.66. The lowest BCUT2D eigenvalue weighted by Gasteiger charge is -2.24. The number of hydrogen-bond donors (Lipinski definition) is 1. The summed E-state index contributed by atoms with van der Waals surface area (Å²) in [5, 5.41) is 8.96. The molecular weight excluding hydrogens is 182 g/mol. The van der Waals surface area contributed by atoms with E-state index in [1.165, 1.54) is 0 Å².